The predicted molar refractivity (Wildman–Crippen MR) is 73.7 cm³/mol. The second-order valence-electron chi connectivity index (χ2n) is 4.97. The molecule has 1 aromatic heterocycles. The van der Waals surface area contributed by atoms with Crippen LogP contribution in [-0.4, -0.2) is 35.2 Å². The minimum atomic E-state index is -0.112. The lowest BCUT2D eigenvalue weighted by Gasteiger charge is -2.23. The second-order valence-corrected chi connectivity index (χ2v) is 5.76. The molecule has 1 aliphatic rings. The third kappa shape index (κ3) is 2.92. The van der Waals surface area contributed by atoms with E-state index < -0.39 is 0 Å². The molecule has 0 saturated carbocycles. The van der Waals surface area contributed by atoms with Gasteiger partial charge in [-0.25, -0.2) is 0 Å². The Morgan fingerprint density at radius 2 is 2.33 bits per heavy atom. The molecule has 3 N–H and O–H groups in total. The van der Waals surface area contributed by atoms with Crippen LogP contribution in [0.25, 0.3) is 0 Å². The number of hydrogen-bond donors (Lipinski definition) is 3. The molecular formula is C12H19BrN4O. The van der Waals surface area contributed by atoms with Crippen LogP contribution in [-0.2, 0) is 0 Å². The molecule has 1 atom stereocenters. The van der Waals surface area contributed by atoms with E-state index in [-0.39, 0.29) is 11.9 Å². The number of aromatic nitrogens is 2. The zero-order chi connectivity index (χ0) is 13.1. The average molecular weight is 315 g/mol. The number of rotatable bonds is 3. The Bertz CT molecular complexity index is 424. The molecule has 2 heterocycles. The molecule has 0 radical (unpaired) electrons. The van der Waals surface area contributed by atoms with Gasteiger partial charge in [0.05, 0.1) is 10.2 Å². The molecule has 1 amide bonds. The first-order chi connectivity index (χ1) is 8.59. The van der Waals surface area contributed by atoms with Crippen molar-refractivity contribution in [2.75, 3.05) is 13.1 Å². The summed E-state index contributed by atoms with van der Waals surface area (Å²) in [6.45, 7) is 6.00. The molecule has 0 aromatic carbocycles. The molecule has 1 aliphatic heterocycles. The highest BCUT2D eigenvalue weighted by atomic mass is 79.9. The van der Waals surface area contributed by atoms with E-state index in [1.54, 1.807) is 0 Å². The van der Waals surface area contributed by atoms with Crippen molar-refractivity contribution < 1.29 is 4.79 Å². The molecule has 1 fully saturated rings. The minimum absolute atomic E-state index is 0.112. The number of nitrogens with zero attached hydrogens (tertiary/aromatic N) is 1. The van der Waals surface area contributed by atoms with Crippen LogP contribution in [0, 0.1) is 0 Å². The highest BCUT2D eigenvalue weighted by Gasteiger charge is 2.22. The molecule has 0 spiro atoms. The molecule has 18 heavy (non-hydrogen) atoms. The molecule has 1 saturated heterocycles. The average Bonchev–Trinajstić information content (AvgIpc) is 2.72. The first-order valence-corrected chi connectivity index (χ1v) is 7.14. The van der Waals surface area contributed by atoms with E-state index in [2.05, 4.69) is 50.6 Å². The van der Waals surface area contributed by atoms with Gasteiger partial charge < -0.3 is 10.6 Å². The predicted octanol–water partition coefficient (Wildman–Crippen LogP) is 1.78. The standard InChI is InChI=1S/C12H19BrN4O/c1-7(2)10-9(13)11(17-16-10)12(18)15-8-4-3-5-14-6-8/h7-8,14H,3-6H2,1-2H3,(H,15,18)(H,16,17). The van der Waals surface area contributed by atoms with Crippen molar-refractivity contribution in [2.24, 2.45) is 0 Å². The van der Waals surface area contributed by atoms with E-state index >= 15 is 0 Å². The summed E-state index contributed by atoms with van der Waals surface area (Å²) in [6, 6.07) is 0.206. The summed E-state index contributed by atoms with van der Waals surface area (Å²) in [7, 11) is 0. The fraction of sp³-hybridized carbons (Fsp3) is 0.667. The van der Waals surface area contributed by atoms with Crippen LogP contribution in [0.2, 0.25) is 0 Å². The first kappa shape index (κ1) is 13.5. The van der Waals surface area contributed by atoms with Gasteiger partial charge in [0.1, 0.15) is 0 Å². The summed E-state index contributed by atoms with van der Waals surface area (Å²) in [5, 5.41) is 13.3. The number of aromatic amines is 1. The number of carbonyl (C=O) groups is 1. The molecule has 1 unspecified atom stereocenters. The van der Waals surface area contributed by atoms with Crippen molar-refractivity contribution in [1.29, 1.82) is 0 Å². The van der Waals surface area contributed by atoms with Gasteiger partial charge in [-0.15, -0.1) is 0 Å². The number of halogens is 1. The molecule has 100 valence electrons. The summed E-state index contributed by atoms with van der Waals surface area (Å²) in [4.78, 5) is 12.1. The third-order valence-corrected chi connectivity index (χ3v) is 3.96. The van der Waals surface area contributed by atoms with Gasteiger partial charge in [-0.3, -0.25) is 9.89 Å². The molecule has 0 aliphatic carbocycles. The van der Waals surface area contributed by atoms with E-state index in [4.69, 9.17) is 0 Å². The number of H-pyrrole nitrogens is 1. The number of amides is 1. The molecule has 6 heteroatoms. The third-order valence-electron chi connectivity index (χ3n) is 3.16. The lowest BCUT2D eigenvalue weighted by Crippen LogP contribution is -2.45. The smallest absolute Gasteiger partial charge is 0.273 e. The second kappa shape index (κ2) is 5.84. The van der Waals surface area contributed by atoms with Crippen LogP contribution < -0.4 is 10.6 Å². The monoisotopic (exact) mass is 314 g/mol. The lowest BCUT2D eigenvalue weighted by atomic mass is 10.1. The van der Waals surface area contributed by atoms with Crippen LogP contribution in [0.3, 0.4) is 0 Å². The normalized spacial score (nSPS) is 20.1. The Morgan fingerprint density at radius 1 is 1.56 bits per heavy atom. The van der Waals surface area contributed by atoms with Gasteiger partial charge in [0.15, 0.2) is 5.69 Å². The minimum Gasteiger partial charge on any atom is -0.347 e. The van der Waals surface area contributed by atoms with Crippen LogP contribution in [0.15, 0.2) is 4.47 Å². The topological polar surface area (TPSA) is 69.8 Å². The van der Waals surface area contributed by atoms with Gasteiger partial charge in [0.2, 0.25) is 0 Å². The number of carbonyl (C=O) groups excluding carboxylic acids is 1. The Kier molecular flexibility index (Phi) is 4.40. The van der Waals surface area contributed by atoms with E-state index in [0.29, 0.717) is 11.6 Å². The molecule has 1 aromatic rings. The molecular weight excluding hydrogens is 296 g/mol. The van der Waals surface area contributed by atoms with E-state index in [0.717, 1.165) is 36.1 Å². The maximum absolute atomic E-state index is 12.1. The van der Waals surface area contributed by atoms with Crippen molar-refractivity contribution in [2.45, 2.75) is 38.6 Å². The Labute approximate surface area is 115 Å². The highest BCUT2D eigenvalue weighted by molar-refractivity contribution is 9.10. The van der Waals surface area contributed by atoms with Gasteiger partial charge >= 0.3 is 0 Å². The zero-order valence-corrected chi connectivity index (χ0v) is 12.3. The Morgan fingerprint density at radius 3 is 2.89 bits per heavy atom. The fourth-order valence-electron chi connectivity index (χ4n) is 2.10. The van der Waals surface area contributed by atoms with E-state index in [9.17, 15) is 4.79 Å². The van der Waals surface area contributed by atoms with Gasteiger partial charge in [-0.2, -0.15) is 5.10 Å². The largest absolute Gasteiger partial charge is 0.347 e. The molecule has 2 rings (SSSR count). The zero-order valence-electron chi connectivity index (χ0n) is 10.7. The highest BCUT2D eigenvalue weighted by Crippen LogP contribution is 2.25. The van der Waals surface area contributed by atoms with Gasteiger partial charge in [0.25, 0.3) is 5.91 Å². The van der Waals surface area contributed by atoms with Crippen LogP contribution in [0.5, 0.6) is 0 Å². The van der Waals surface area contributed by atoms with Crippen molar-refractivity contribution in [1.82, 2.24) is 20.8 Å². The Hall–Kier alpha value is -0.880. The Balaban J connectivity index is 2.04. The summed E-state index contributed by atoms with van der Waals surface area (Å²) >= 11 is 3.45. The quantitative estimate of drug-likeness (QED) is 0.796. The van der Waals surface area contributed by atoms with Crippen LogP contribution in [0.1, 0.15) is 48.8 Å². The van der Waals surface area contributed by atoms with Crippen LogP contribution in [0.4, 0.5) is 0 Å². The summed E-state index contributed by atoms with van der Waals surface area (Å²) in [5.74, 6) is 0.198. The van der Waals surface area contributed by atoms with Crippen molar-refractivity contribution in [3.05, 3.63) is 15.9 Å². The number of piperidine rings is 1. The van der Waals surface area contributed by atoms with Crippen molar-refractivity contribution in [3.8, 4) is 0 Å². The number of nitrogens with one attached hydrogen (secondary N) is 3. The molecule has 5 nitrogen and oxygen atoms in total. The maximum Gasteiger partial charge on any atom is 0.273 e. The molecule has 0 bridgehead atoms. The van der Waals surface area contributed by atoms with Gasteiger partial charge in [0, 0.05) is 12.6 Å². The van der Waals surface area contributed by atoms with Crippen molar-refractivity contribution >= 4 is 21.8 Å². The lowest BCUT2D eigenvalue weighted by molar-refractivity contribution is 0.0925. The summed E-state index contributed by atoms with van der Waals surface area (Å²) in [5.41, 5.74) is 1.41. The van der Waals surface area contributed by atoms with Gasteiger partial charge in [-0.1, -0.05) is 13.8 Å². The summed E-state index contributed by atoms with van der Waals surface area (Å²) in [6.07, 6.45) is 2.13. The fourth-order valence-corrected chi connectivity index (χ4v) is 2.92. The van der Waals surface area contributed by atoms with E-state index in [1.165, 1.54) is 0 Å². The SMILES string of the molecule is CC(C)c1[nH]nc(C(=O)NC2CCCNC2)c1Br. The maximum atomic E-state index is 12.1. The van der Waals surface area contributed by atoms with Crippen LogP contribution >= 0.6 is 15.9 Å². The van der Waals surface area contributed by atoms with E-state index in [1.807, 2.05) is 0 Å². The first-order valence-electron chi connectivity index (χ1n) is 6.35. The number of hydrogen-bond acceptors (Lipinski definition) is 3. The van der Waals surface area contributed by atoms with Crippen molar-refractivity contribution in [3.63, 3.8) is 0 Å². The van der Waals surface area contributed by atoms with Gasteiger partial charge in [-0.05, 0) is 41.2 Å². The summed E-state index contributed by atoms with van der Waals surface area (Å²) < 4.78 is 0.777.